The lowest BCUT2D eigenvalue weighted by Gasteiger charge is -2.25. The molecule has 144 valence electrons. The monoisotopic (exact) mass is 412 g/mol. The maximum atomic E-state index is 12.2. The van der Waals surface area contributed by atoms with E-state index in [9.17, 15) is 4.79 Å². The minimum absolute atomic E-state index is 0.366. The number of hydrogen-bond acceptors (Lipinski definition) is 5. The Morgan fingerprint density at radius 1 is 1.21 bits per heavy atom. The highest BCUT2D eigenvalue weighted by Crippen LogP contribution is 2.40. The highest BCUT2D eigenvalue weighted by Gasteiger charge is 2.22. The molecule has 28 heavy (non-hydrogen) atoms. The van der Waals surface area contributed by atoms with Crippen LogP contribution >= 0.6 is 23.4 Å². The van der Waals surface area contributed by atoms with Gasteiger partial charge in [0.25, 0.3) is 0 Å². The number of esters is 1. The Balaban J connectivity index is 1.86. The predicted octanol–water partition coefficient (Wildman–Crippen LogP) is 6.03. The van der Waals surface area contributed by atoms with Crippen LogP contribution in [0.3, 0.4) is 0 Å². The number of anilines is 2. The lowest BCUT2D eigenvalue weighted by Crippen LogP contribution is -2.12. The molecule has 0 unspecified atom stereocenters. The summed E-state index contributed by atoms with van der Waals surface area (Å²) in [6.07, 6.45) is 4.21. The van der Waals surface area contributed by atoms with Crippen LogP contribution in [0.4, 0.5) is 11.4 Å². The number of benzene rings is 2. The molecule has 1 N–H and O–H groups in total. The van der Waals surface area contributed by atoms with Crippen LogP contribution in [0, 0.1) is 0 Å². The summed E-state index contributed by atoms with van der Waals surface area (Å²) >= 11 is 8.30. The van der Waals surface area contributed by atoms with Crippen molar-refractivity contribution in [3.63, 3.8) is 0 Å². The SMILES string of the molecule is COC(=O)c1ccccc1Nc1c(C2CCSCC2)cnc2ccc(Cl)cc12. The Bertz CT molecular complexity index is 1020. The number of hydrogen-bond donors (Lipinski definition) is 1. The Morgan fingerprint density at radius 2 is 2.00 bits per heavy atom. The number of halogens is 1. The van der Waals surface area contributed by atoms with E-state index in [1.165, 1.54) is 12.7 Å². The fraction of sp³-hybridized carbons (Fsp3) is 0.273. The molecule has 0 amide bonds. The van der Waals surface area contributed by atoms with E-state index in [1.54, 1.807) is 6.07 Å². The highest BCUT2D eigenvalue weighted by molar-refractivity contribution is 7.99. The van der Waals surface area contributed by atoms with Crippen molar-refractivity contribution in [1.82, 2.24) is 4.98 Å². The van der Waals surface area contributed by atoms with Crippen LogP contribution in [0.15, 0.2) is 48.7 Å². The van der Waals surface area contributed by atoms with Gasteiger partial charge in [-0.15, -0.1) is 0 Å². The van der Waals surface area contributed by atoms with E-state index < -0.39 is 0 Å². The molecular weight excluding hydrogens is 392 g/mol. The first kappa shape index (κ1) is 19.1. The van der Waals surface area contributed by atoms with Crippen molar-refractivity contribution in [2.45, 2.75) is 18.8 Å². The summed E-state index contributed by atoms with van der Waals surface area (Å²) in [6, 6.07) is 13.1. The van der Waals surface area contributed by atoms with Gasteiger partial charge in [-0.25, -0.2) is 4.79 Å². The zero-order valence-corrected chi connectivity index (χ0v) is 17.1. The topological polar surface area (TPSA) is 51.2 Å². The molecule has 0 atom stereocenters. The average Bonchev–Trinajstić information content (AvgIpc) is 2.74. The molecule has 0 saturated carbocycles. The zero-order valence-electron chi connectivity index (χ0n) is 15.6. The minimum Gasteiger partial charge on any atom is -0.465 e. The first-order valence-electron chi connectivity index (χ1n) is 9.27. The molecule has 6 heteroatoms. The Hall–Kier alpha value is -2.24. The van der Waals surface area contributed by atoms with Crippen LogP contribution in [-0.4, -0.2) is 29.6 Å². The number of para-hydroxylation sites is 1. The second-order valence-electron chi connectivity index (χ2n) is 6.80. The maximum absolute atomic E-state index is 12.2. The highest BCUT2D eigenvalue weighted by atomic mass is 35.5. The number of fused-ring (bicyclic) bond motifs is 1. The number of rotatable bonds is 4. The van der Waals surface area contributed by atoms with E-state index >= 15 is 0 Å². The molecular formula is C22H21ClN2O2S. The summed E-state index contributed by atoms with van der Waals surface area (Å²) in [5.41, 5.74) is 4.24. The molecule has 2 aromatic carbocycles. The molecule has 3 aromatic rings. The molecule has 1 aromatic heterocycles. The van der Waals surface area contributed by atoms with Gasteiger partial charge in [0, 0.05) is 16.6 Å². The van der Waals surface area contributed by atoms with E-state index in [0.717, 1.165) is 40.9 Å². The Morgan fingerprint density at radius 3 is 2.79 bits per heavy atom. The molecule has 0 aliphatic carbocycles. The Kier molecular flexibility index (Phi) is 5.74. The first-order valence-corrected chi connectivity index (χ1v) is 10.8. The minimum atomic E-state index is -0.366. The van der Waals surface area contributed by atoms with Gasteiger partial charge >= 0.3 is 5.97 Å². The van der Waals surface area contributed by atoms with Crippen LogP contribution in [0.1, 0.15) is 34.7 Å². The van der Waals surface area contributed by atoms with Crippen LogP contribution in [0.5, 0.6) is 0 Å². The van der Waals surface area contributed by atoms with Crippen LogP contribution < -0.4 is 5.32 Å². The molecule has 1 aliphatic heterocycles. The van der Waals surface area contributed by atoms with Crippen molar-refractivity contribution in [3.05, 3.63) is 64.8 Å². The third-order valence-corrected chi connectivity index (χ3v) is 6.40. The van der Waals surface area contributed by atoms with Gasteiger partial charge in [0.1, 0.15) is 0 Å². The van der Waals surface area contributed by atoms with E-state index in [4.69, 9.17) is 16.3 Å². The normalized spacial score (nSPS) is 14.8. The molecule has 2 heterocycles. The summed E-state index contributed by atoms with van der Waals surface area (Å²) in [5.74, 6) is 2.37. The van der Waals surface area contributed by atoms with Crippen molar-refractivity contribution in [3.8, 4) is 0 Å². The van der Waals surface area contributed by atoms with Crippen LogP contribution in [0.2, 0.25) is 5.02 Å². The number of thioether (sulfide) groups is 1. The van der Waals surface area contributed by atoms with E-state index in [-0.39, 0.29) is 5.97 Å². The standard InChI is InChI=1S/C22H21ClN2O2S/c1-27-22(26)16-4-2-3-5-20(16)25-21-17-12-15(23)6-7-19(17)24-13-18(21)14-8-10-28-11-9-14/h2-7,12-14H,8-11H2,1H3,(H,24,25). The van der Waals surface area contributed by atoms with Crippen molar-refractivity contribution in [2.24, 2.45) is 0 Å². The van der Waals surface area contributed by atoms with Gasteiger partial charge in [-0.3, -0.25) is 4.98 Å². The molecule has 0 radical (unpaired) electrons. The third kappa shape index (κ3) is 3.82. The van der Waals surface area contributed by atoms with E-state index in [2.05, 4.69) is 10.3 Å². The molecule has 1 saturated heterocycles. The number of nitrogens with one attached hydrogen (secondary N) is 1. The largest absolute Gasteiger partial charge is 0.465 e. The van der Waals surface area contributed by atoms with Crippen molar-refractivity contribution in [2.75, 3.05) is 23.9 Å². The first-order chi connectivity index (χ1) is 13.7. The fourth-order valence-electron chi connectivity index (χ4n) is 3.65. The summed E-state index contributed by atoms with van der Waals surface area (Å²) in [6.45, 7) is 0. The summed E-state index contributed by atoms with van der Waals surface area (Å²) in [7, 11) is 1.39. The number of methoxy groups -OCH3 is 1. The molecule has 1 fully saturated rings. The van der Waals surface area contributed by atoms with Gasteiger partial charge in [0.15, 0.2) is 0 Å². The third-order valence-electron chi connectivity index (χ3n) is 5.11. The van der Waals surface area contributed by atoms with Crippen LogP contribution in [-0.2, 0) is 4.74 Å². The van der Waals surface area contributed by atoms with Crippen LogP contribution in [0.25, 0.3) is 10.9 Å². The fourth-order valence-corrected chi connectivity index (χ4v) is 4.93. The maximum Gasteiger partial charge on any atom is 0.339 e. The van der Waals surface area contributed by atoms with E-state index in [1.807, 2.05) is 54.4 Å². The Labute approximate surface area is 173 Å². The number of ether oxygens (including phenoxy) is 1. The second kappa shape index (κ2) is 8.41. The van der Waals surface area contributed by atoms with E-state index in [0.29, 0.717) is 22.2 Å². The van der Waals surface area contributed by atoms with Gasteiger partial charge in [0.2, 0.25) is 0 Å². The predicted molar refractivity (Wildman–Crippen MR) is 117 cm³/mol. The van der Waals surface area contributed by atoms with Gasteiger partial charge < -0.3 is 10.1 Å². The molecule has 1 aliphatic rings. The van der Waals surface area contributed by atoms with Crippen molar-refractivity contribution in [1.29, 1.82) is 0 Å². The summed E-state index contributed by atoms with van der Waals surface area (Å²) in [5, 5.41) is 5.14. The quantitative estimate of drug-likeness (QED) is 0.530. The summed E-state index contributed by atoms with van der Waals surface area (Å²) < 4.78 is 4.95. The van der Waals surface area contributed by atoms with Gasteiger partial charge in [0.05, 0.1) is 29.6 Å². The van der Waals surface area contributed by atoms with Crippen molar-refractivity contribution < 1.29 is 9.53 Å². The average molecular weight is 413 g/mol. The van der Waals surface area contributed by atoms with Gasteiger partial charge in [-0.05, 0) is 66.2 Å². The van der Waals surface area contributed by atoms with Gasteiger partial charge in [-0.1, -0.05) is 23.7 Å². The lowest BCUT2D eigenvalue weighted by atomic mass is 9.91. The number of carbonyl (C=O) groups is 1. The lowest BCUT2D eigenvalue weighted by molar-refractivity contribution is 0.0602. The number of aromatic nitrogens is 1. The molecule has 0 spiro atoms. The smallest absolute Gasteiger partial charge is 0.339 e. The summed E-state index contributed by atoms with van der Waals surface area (Å²) in [4.78, 5) is 16.9. The molecule has 4 nitrogen and oxygen atoms in total. The number of pyridine rings is 1. The zero-order chi connectivity index (χ0) is 19.5. The number of nitrogens with zero attached hydrogens (tertiary/aromatic N) is 1. The number of carbonyl (C=O) groups excluding carboxylic acids is 1. The molecule has 0 bridgehead atoms. The van der Waals surface area contributed by atoms with Gasteiger partial charge in [-0.2, -0.15) is 11.8 Å². The second-order valence-corrected chi connectivity index (χ2v) is 8.46. The molecule has 4 rings (SSSR count). The van der Waals surface area contributed by atoms with Crippen molar-refractivity contribution >= 4 is 51.6 Å².